The molecule has 1 aromatic heterocycles. The summed E-state index contributed by atoms with van der Waals surface area (Å²) in [6.45, 7) is 4.15. The molecule has 1 aromatic carbocycles. The number of ether oxygens (including phenoxy) is 1. The maximum Gasteiger partial charge on any atom is 0.124 e. The fourth-order valence-corrected chi connectivity index (χ4v) is 1.83. The third-order valence-corrected chi connectivity index (χ3v) is 2.74. The van der Waals surface area contributed by atoms with Crippen LogP contribution in [0.15, 0.2) is 30.6 Å². The highest BCUT2D eigenvalue weighted by atomic mass is 16.5. The first-order valence-corrected chi connectivity index (χ1v) is 5.60. The van der Waals surface area contributed by atoms with Gasteiger partial charge in [-0.05, 0) is 25.5 Å². The third kappa shape index (κ3) is 2.58. The predicted octanol–water partition coefficient (Wildman–Crippen LogP) is 2.90. The molecule has 2 rings (SSSR count). The Morgan fingerprint density at radius 2 is 2.24 bits per heavy atom. The summed E-state index contributed by atoms with van der Waals surface area (Å²) in [6, 6.07) is 6.39. The summed E-state index contributed by atoms with van der Waals surface area (Å²) in [7, 11) is 1.70. The lowest BCUT2D eigenvalue weighted by molar-refractivity contribution is 0.407. The predicted molar refractivity (Wildman–Crippen MR) is 68.4 cm³/mol. The summed E-state index contributed by atoms with van der Waals surface area (Å²) < 4.78 is 5.40. The van der Waals surface area contributed by atoms with Gasteiger partial charge < -0.3 is 10.1 Å². The standard InChI is InChI=1S/C13H17N3O/c1-9-4-5-12(13(6-9)17-3)10(2)16-11-7-14-15-8-11/h4-8,10,16H,1-3H3,(H,14,15). The third-order valence-electron chi connectivity index (χ3n) is 2.74. The molecule has 1 heterocycles. The van der Waals surface area contributed by atoms with Crippen molar-refractivity contribution in [2.45, 2.75) is 19.9 Å². The van der Waals surface area contributed by atoms with Crippen LogP contribution in [0.1, 0.15) is 24.1 Å². The molecule has 0 spiro atoms. The van der Waals surface area contributed by atoms with E-state index < -0.39 is 0 Å². The average Bonchev–Trinajstić information content (AvgIpc) is 2.81. The summed E-state index contributed by atoms with van der Waals surface area (Å²) in [5.74, 6) is 0.911. The van der Waals surface area contributed by atoms with Gasteiger partial charge in [0.2, 0.25) is 0 Å². The van der Waals surface area contributed by atoms with E-state index >= 15 is 0 Å². The smallest absolute Gasteiger partial charge is 0.124 e. The highest BCUT2D eigenvalue weighted by molar-refractivity contribution is 5.46. The molecular weight excluding hydrogens is 214 g/mol. The summed E-state index contributed by atoms with van der Waals surface area (Å²) >= 11 is 0. The van der Waals surface area contributed by atoms with Gasteiger partial charge in [-0.3, -0.25) is 5.10 Å². The van der Waals surface area contributed by atoms with Gasteiger partial charge >= 0.3 is 0 Å². The van der Waals surface area contributed by atoms with Crippen LogP contribution in [-0.2, 0) is 0 Å². The Balaban J connectivity index is 2.21. The van der Waals surface area contributed by atoms with Crippen molar-refractivity contribution < 1.29 is 4.74 Å². The van der Waals surface area contributed by atoms with Crippen LogP contribution in [0.4, 0.5) is 5.69 Å². The lowest BCUT2D eigenvalue weighted by Gasteiger charge is -2.17. The van der Waals surface area contributed by atoms with E-state index in [1.165, 1.54) is 5.56 Å². The summed E-state index contributed by atoms with van der Waals surface area (Å²) in [6.07, 6.45) is 3.59. The van der Waals surface area contributed by atoms with Crippen molar-refractivity contribution in [1.82, 2.24) is 10.2 Å². The number of benzene rings is 1. The minimum absolute atomic E-state index is 0.170. The number of hydrogen-bond acceptors (Lipinski definition) is 3. The van der Waals surface area contributed by atoms with Crippen LogP contribution < -0.4 is 10.1 Å². The second kappa shape index (κ2) is 4.91. The van der Waals surface area contributed by atoms with Gasteiger partial charge in [-0.1, -0.05) is 12.1 Å². The monoisotopic (exact) mass is 231 g/mol. The van der Waals surface area contributed by atoms with Crippen LogP contribution in [0.3, 0.4) is 0 Å². The van der Waals surface area contributed by atoms with Crippen molar-refractivity contribution in [2.24, 2.45) is 0 Å². The van der Waals surface area contributed by atoms with Crippen LogP contribution >= 0.6 is 0 Å². The van der Waals surface area contributed by atoms with Crippen LogP contribution in [0, 0.1) is 6.92 Å². The minimum atomic E-state index is 0.170. The number of H-pyrrole nitrogens is 1. The number of aromatic amines is 1. The Morgan fingerprint density at radius 3 is 2.88 bits per heavy atom. The Bertz CT molecular complexity index is 479. The molecule has 0 aliphatic rings. The second-order valence-electron chi connectivity index (χ2n) is 4.10. The number of methoxy groups -OCH3 is 1. The van der Waals surface area contributed by atoms with Gasteiger partial charge in [0.05, 0.1) is 25.0 Å². The number of nitrogens with one attached hydrogen (secondary N) is 2. The topological polar surface area (TPSA) is 49.9 Å². The van der Waals surface area contributed by atoms with Crippen molar-refractivity contribution in [3.05, 3.63) is 41.7 Å². The van der Waals surface area contributed by atoms with Gasteiger partial charge in [-0.25, -0.2) is 0 Å². The highest BCUT2D eigenvalue weighted by Crippen LogP contribution is 2.28. The minimum Gasteiger partial charge on any atom is -0.496 e. The van der Waals surface area contributed by atoms with E-state index in [0.717, 1.165) is 17.0 Å². The van der Waals surface area contributed by atoms with E-state index in [0.29, 0.717) is 0 Å². The summed E-state index contributed by atoms with van der Waals surface area (Å²) in [5, 5.41) is 10.0. The molecule has 4 heteroatoms. The van der Waals surface area contributed by atoms with Gasteiger partial charge in [0.1, 0.15) is 5.75 Å². The van der Waals surface area contributed by atoms with E-state index in [2.05, 4.69) is 41.5 Å². The van der Waals surface area contributed by atoms with Crippen molar-refractivity contribution in [1.29, 1.82) is 0 Å². The molecule has 2 N–H and O–H groups in total. The van der Waals surface area contributed by atoms with Gasteiger partial charge in [0.15, 0.2) is 0 Å². The van der Waals surface area contributed by atoms with Crippen molar-refractivity contribution in [2.75, 3.05) is 12.4 Å². The first-order chi connectivity index (χ1) is 8.20. The highest BCUT2D eigenvalue weighted by Gasteiger charge is 2.11. The fraction of sp³-hybridized carbons (Fsp3) is 0.308. The SMILES string of the molecule is COc1cc(C)ccc1C(C)Nc1cn[nH]c1. The molecule has 2 aromatic rings. The Hall–Kier alpha value is -1.97. The van der Waals surface area contributed by atoms with Gasteiger partial charge in [0, 0.05) is 11.8 Å². The molecule has 0 radical (unpaired) electrons. The van der Waals surface area contributed by atoms with E-state index in [4.69, 9.17) is 4.74 Å². The number of aromatic nitrogens is 2. The molecule has 0 fully saturated rings. The van der Waals surface area contributed by atoms with E-state index in [1.54, 1.807) is 13.3 Å². The Kier molecular flexibility index (Phi) is 3.32. The molecule has 1 unspecified atom stereocenters. The van der Waals surface area contributed by atoms with Crippen LogP contribution in [0.25, 0.3) is 0 Å². The molecule has 90 valence electrons. The summed E-state index contributed by atoms with van der Waals surface area (Å²) in [4.78, 5) is 0. The molecule has 4 nitrogen and oxygen atoms in total. The Morgan fingerprint density at radius 1 is 1.41 bits per heavy atom. The molecule has 0 aliphatic carbocycles. The normalized spacial score (nSPS) is 12.2. The summed E-state index contributed by atoms with van der Waals surface area (Å²) in [5.41, 5.74) is 3.31. The number of anilines is 1. The molecule has 1 atom stereocenters. The first-order valence-electron chi connectivity index (χ1n) is 5.60. The number of nitrogens with zero attached hydrogens (tertiary/aromatic N) is 1. The van der Waals surface area contributed by atoms with E-state index in [9.17, 15) is 0 Å². The lowest BCUT2D eigenvalue weighted by atomic mass is 10.0. The maximum absolute atomic E-state index is 5.40. The van der Waals surface area contributed by atoms with Gasteiger partial charge in [-0.2, -0.15) is 5.10 Å². The van der Waals surface area contributed by atoms with E-state index in [-0.39, 0.29) is 6.04 Å². The quantitative estimate of drug-likeness (QED) is 0.850. The zero-order chi connectivity index (χ0) is 12.3. The molecule has 0 bridgehead atoms. The molecule has 0 amide bonds. The van der Waals surface area contributed by atoms with Crippen LogP contribution in [-0.4, -0.2) is 17.3 Å². The van der Waals surface area contributed by atoms with Crippen molar-refractivity contribution >= 4 is 5.69 Å². The molecule has 0 aliphatic heterocycles. The second-order valence-corrected chi connectivity index (χ2v) is 4.10. The molecular formula is C13H17N3O. The molecule has 0 saturated carbocycles. The van der Waals surface area contributed by atoms with Gasteiger partial charge in [0.25, 0.3) is 0 Å². The number of hydrogen-bond donors (Lipinski definition) is 2. The molecule has 17 heavy (non-hydrogen) atoms. The van der Waals surface area contributed by atoms with Crippen LogP contribution in [0.5, 0.6) is 5.75 Å². The average molecular weight is 231 g/mol. The van der Waals surface area contributed by atoms with Gasteiger partial charge in [-0.15, -0.1) is 0 Å². The Labute approximate surface area is 101 Å². The first kappa shape index (κ1) is 11.5. The maximum atomic E-state index is 5.40. The van der Waals surface area contributed by atoms with E-state index in [1.807, 2.05) is 12.3 Å². The van der Waals surface area contributed by atoms with Crippen molar-refractivity contribution in [3.63, 3.8) is 0 Å². The van der Waals surface area contributed by atoms with Crippen LogP contribution in [0.2, 0.25) is 0 Å². The number of rotatable bonds is 4. The zero-order valence-corrected chi connectivity index (χ0v) is 10.3. The fourth-order valence-electron chi connectivity index (χ4n) is 1.83. The molecule has 0 saturated heterocycles. The zero-order valence-electron chi connectivity index (χ0n) is 10.3. The largest absolute Gasteiger partial charge is 0.496 e. The number of aryl methyl sites for hydroxylation is 1. The van der Waals surface area contributed by atoms with Crippen molar-refractivity contribution in [3.8, 4) is 5.75 Å². The lowest BCUT2D eigenvalue weighted by Crippen LogP contribution is -2.07.